The van der Waals surface area contributed by atoms with Gasteiger partial charge in [-0.1, -0.05) is 0 Å². The number of aromatic nitrogens is 3. The maximum Gasteiger partial charge on any atom is 0.146 e. The third-order valence-corrected chi connectivity index (χ3v) is 2.20. The molecule has 1 N–H and O–H groups in total. The molecule has 0 spiro atoms. The largest absolute Gasteiger partial charge is 0.305 e. The van der Waals surface area contributed by atoms with Crippen LogP contribution >= 0.6 is 0 Å². The summed E-state index contributed by atoms with van der Waals surface area (Å²) in [4.78, 5) is 3.95. The summed E-state index contributed by atoms with van der Waals surface area (Å²) in [7, 11) is 1.86. The number of aryl methyl sites for hydroxylation is 1. The lowest BCUT2D eigenvalue weighted by Gasteiger charge is -2.02. The summed E-state index contributed by atoms with van der Waals surface area (Å²) in [5, 5.41) is 7.30. The van der Waals surface area contributed by atoms with Gasteiger partial charge < -0.3 is 5.32 Å². The van der Waals surface area contributed by atoms with Crippen LogP contribution < -0.4 is 5.32 Å². The Kier molecular flexibility index (Phi) is 3.26. The Labute approximate surface area is 93.1 Å². The van der Waals surface area contributed by atoms with E-state index in [0.717, 1.165) is 5.69 Å². The molecule has 0 aliphatic carbocycles. The van der Waals surface area contributed by atoms with Crippen molar-refractivity contribution in [3.8, 4) is 0 Å². The van der Waals surface area contributed by atoms with Crippen molar-refractivity contribution in [3.05, 3.63) is 47.8 Å². The van der Waals surface area contributed by atoms with Crippen molar-refractivity contribution in [1.82, 2.24) is 20.1 Å². The van der Waals surface area contributed by atoms with Crippen LogP contribution in [0.5, 0.6) is 0 Å². The molecule has 0 fully saturated rings. The molecule has 0 radical (unpaired) electrons. The van der Waals surface area contributed by atoms with E-state index in [9.17, 15) is 4.39 Å². The molecule has 2 aromatic heterocycles. The number of nitrogens with one attached hydrogen (secondary N) is 1. The second kappa shape index (κ2) is 4.85. The van der Waals surface area contributed by atoms with Gasteiger partial charge in [0.2, 0.25) is 0 Å². The van der Waals surface area contributed by atoms with Gasteiger partial charge in [-0.3, -0.25) is 9.67 Å². The Hall–Kier alpha value is -1.75. The van der Waals surface area contributed by atoms with E-state index < -0.39 is 0 Å². The second-order valence-electron chi connectivity index (χ2n) is 3.52. The van der Waals surface area contributed by atoms with Crippen LogP contribution in [0.3, 0.4) is 0 Å². The molecule has 0 aromatic carbocycles. The van der Waals surface area contributed by atoms with Crippen molar-refractivity contribution in [3.63, 3.8) is 0 Å². The Morgan fingerprint density at radius 2 is 2.25 bits per heavy atom. The van der Waals surface area contributed by atoms with Gasteiger partial charge in [-0.2, -0.15) is 5.10 Å². The van der Waals surface area contributed by atoms with Crippen LogP contribution in [0.2, 0.25) is 0 Å². The van der Waals surface area contributed by atoms with E-state index in [1.54, 1.807) is 16.9 Å². The normalized spacial score (nSPS) is 10.6. The van der Waals surface area contributed by atoms with E-state index >= 15 is 0 Å². The quantitative estimate of drug-likeness (QED) is 0.843. The number of hydrogen-bond acceptors (Lipinski definition) is 3. The van der Waals surface area contributed by atoms with Crippen LogP contribution in [0.4, 0.5) is 4.39 Å². The first-order valence-corrected chi connectivity index (χ1v) is 5.04. The smallest absolute Gasteiger partial charge is 0.146 e. The van der Waals surface area contributed by atoms with Crippen molar-refractivity contribution >= 4 is 0 Å². The fourth-order valence-corrected chi connectivity index (χ4v) is 1.41. The van der Waals surface area contributed by atoms with Gasteiger partial charge in [0.1, 0.15) is 5.82 Å². The molecular formula is C11H13FN4. The summed E-state index contributed by atoms with van der Waals surface area (Å²) in [6, 6.07) is 4.91. The fourth-order valence-electron chi connectivity index (χ4n) is 1.41. The Bertz CT molecular complexity index is 467. The highest BCUT2D eigenvalue weighted by Gasteiger charge is 2.02. The first kappa shape index (κ1) is 10.8. The molecule has 0 saturated heterocycles. The maximum atomic E-state index is 13.2. The van der Waals surface area contributed by atoms with E-state index in [2.05, 4.69) is 15.4 Å². The van der Waals surface area contributed by atoms with Crippen LogP contribution in [-0.2, 0) is 20.1 Å². The maximum absolute atomic E-state index is 13.2. The number of hydrogen-bond donors (Lipinski definition) is 1. The Balaban J connectivity index is 1.87. The van der Waals surface area contributed by atoms with Gasteiger partial charge in [0.05, 0.1) is 11.4 Å². The summed E-state index contributed by atoms with van der Waals surface area (Å²) in [5.74, 6) is -0.281. The fraction of sp³-hybridized carbons (Fsp3) is 0.273. The van der Waals surface area contributed by atoms with Crippen LogP contribution in [0.1, 0.15) is 11.4 Å². The Morgan fingerprint density at radius 1 is 1.38 bits per heavy atom. The summed E-state index contributed by atoms with van der Waals surface area (Å²) in [6.45, 7) is 1.01. The van der Waals surface area contributed by atoms with Crippen LogP contribution in [0.25, 0.3) is 0 Å². The van der Waals surface area contributed by atoms with Gasteiger partial charge in [0, 0.05) is 32.5 Å². The molecule has 2 rings (SSSR count). The van der Waals surface area contributed by atoms with Crippen molar-refractivity contribution in [2.75, 3.05) is 0 Å². The highest BCUT2D eigenvalue weighted by molar-refractivity contribution is 5.07. The highest BCUT2D eigenvalue weighted by atomic mass is 19.1. The van der Waals surface area contributed by atoms with Gasteiger partial charge >= 0.3 is 0 Å². The predicted molar refractivity (Wildman–Crippen MR) is 57.9 cm³/mol. The number of halogens is 1. The zero-order valence-corrected chi connectivity index (χ0v) is 9.02. The molecule has 4 nitrogen and oxygen atoms in total. The molecule has 84 valence electrons. The minimum absolute atomic E-state index is 0.281. The molecule has 0 aliphatic rings. The van der Waals surface area contributed by atoms with E-state index in [-0.39, 0.29) is 5.82 Å². The predicted octanol–water partition coefficient (Wildman–Crippen LogP) is 1.24. The topological polar surface area (TPSA) is 42.7 Å². The molecule has 0 amide bonds. The van der Waals surface area contributed by atoms with Gasteiger partial charge in [-0.25, -0.2) is 4.39 Å². The number of rotatable bonds is 4. The monoisotopic (exact) mass is 220 g/mol. The SMILES string of the molecule is Cn1ccc(CNCc2ncccc2F)n1. The van der Waals surface area contributed by atoms with Crippen molar-refractivity contribution in [1.29, 1.82) is 0 Å². The van der Waals surface area contributed by atoms with Gasteiger partial charge in [-0.05, 0) is 18.2 Å². The minimum Gasteiger partial charge on any atom is -0.305 e. The van der Waals surface area contributed by atoms with E-state index in [1.807, 2.05) is 19.3 Å². The average molecular weight is 220 g/mol. The molecule has 16 heavy (non-hydrogen) atoms. The van der Waals surface area contributed by atoms with Gasteiger partial charge in [-0.15, -0.1) is 0 Å². The zero-order valence-electron chi connectivity index (χ0n) is 9.02. The molecule has 0 unspecified atom stereocenters. The molecule has 2 heterocycles. The lowest BCUT2D eigenvalue weighted by Crippen LogP contribution is -2.15. The lowest BCUT2D eigenvalue weighted by molar-refractivity contribution is 0.569. The molecule has 0 bridgehead atoms. The molecule has 0 atom stereocenters. The molecular weight excluding hydrogens is 207 g/mol. The first-order chi connectivity index (χ1) is 7.75. The highest BCUT2D eigenvalue weighted by Crippen LogP contribution is 2.02. The zero-order chi connectivity index (χ0) is 11.4. The van der Waals surface area contributed by atoms with Crippen molar-refractivity contribution < 1.29 is 4.39 Å². The minimum atomic E-state index is -0.281. The van der Waals surface area contributed by atoms with Crippen LogP contribution in [-0.4, -0.2) is 14.8 Å². The van der Waals surface area contributed by atoms with Crippen LogP contribution in [0, 0.1) is 5.82 Å². The van der Waals surface area contributed by atoms with Crippen LogP contribution in [0.15, 0.2) is 30.6 Å². The second-order valence-corrected chi connectivity index (χ2v) is 3.52. The van der Waals surface area contributed by atoms with E-state index in [4.69, 9.17) is 0 Å². The number of nitrogens with zero attached hydrogens (tertiary/aromatic N) is 3. The van der Waals surface area contributed by atoms with E-state index in [0.29, 0.717) is 18.8 Å². The summed E-state index contributed by atoms with van der Waals surface area (Å²) >= 11 is 0. The summed E-state index contributed by atoms with van der Waals surface area (Å²) in [5.41, 5.74) is 1.36. The van der Waals surface area contributed by atoms with Crippen molar-refractivity contribution in [2.45, 2.75) is 13.1 Å². The van der Waals surface area contributed by atoms with Gasteiger partial charge in [0.15, 0.2) is 0 Å². The number of pyridine rings is 1. The summed E-state index contributed by atoms with van der Waals surface area (Å²) in [6.07, 6.45) is 3.46. The molecule has 0 aliphatic heterocycles. The average Bonchev–Trinajstić information content (AvgIpc) is 2.67. The summed E-state index contributed by atoms with van der Waals surface area (Å²) < 4.78 is 14.9. The standard InChI is InChI=1S/C11H13FN4/c1-16-6-4-9(15-16)7-13-8-11-10(12)3-2-5-14-11/h2-6,13H,7-8H2,1H3. The van der Waals surface area contributed by atoms with Crippen molar-refractivity contribution in [2.24, 2.45) is 7.05 Å². The lowest BCUT2D eigenvalue weighted by atomic mass is 10.3. The van der Waals surface area contributed by atoms with E-state index in [1.165, 1.54) is 6.07 Å². The molecule has 5 heteroatoms. The van der Waals surface area contributed by atoms with Gasteiger partial charge in [0.25, 0.3) is 0 Å². The third-order valence-electron chi connectivity index (χ3n) is 2.20. The first-order valence-electron chi connectivity index (χ1n) is 5.04. The molecule has 2 aromatic rings. The Morgan fingerprint density at radius 3 is 2.94 bits per heavy atom. The molecule has 0 saturated carbocycles. The third kappa shape index (κ3) is 2.64.